The maximum Gasteiger partial charge on any atom is 0.123 e. The molecular formula is C15H15Cl2FN2. The monoisotopic (exact) mass is 312 g/mol. The van der Waals surface area contributed by atoms with Crippen LogP contribution in [0.15, 0.2) is 36.4 Å². The smallest absolute Gasteiger partial charge is 0.123 e. The summed E-state index contributed by atoms with van der Waals surface area (Å²) in [5, 5.41) is 1.15. The molecule has 20 heavy (non-hydrogen) atoms. The molecule has 2 rings (SSSR count). The van der Waals surface area contributed by atoms with E-state index in [1.54, 1.807) is 24.3 Å². The predicted molar refractivity (Wildman–Crippen MR) is 81.4 cm³/mol. The van der Waals surface area contributed by atoms with Crippen molar-refractivity contribution in [2.24, 2.45) is 5.84 Å². The SMILES string of the molecule is Cc1ccc(F)cc1C(Cc1c(Cl)cccc1Cl)NN. The number of nitrogens with one attached hydrogen (secondary N) is 1. The van der Waals surface area contributed by atoms with Gasteiger partial charge >= 0.3 is 0 Å². The van der Waals surface area contributed by atoms with Crippen LogP contribution in [0.4, 0.5) is 4.39 Å². The van der Waals surface area contributed by atoms with Crippen LogP contribution in [0.25, 0.3) is 0 Å². The van der Waals surface area contributed by atoms with Gasteiger partial charge in [-0.1, -0.05) is 35.3 Å². The first-order valence-corrected chi connectivity index (χ1v) is 6.93. The van der Waals surface area contributed by atoms with Crippen LogP contribution in [0, 0.1) is 12.7 Å². The molecule has 1 unspecified atom stereocenters. The maximum absolute atomic E-state index is 13.4. The zero-order valence-electron chi connectivity index (χ0n) is 11.0. The number of nitrogens with two attached hydrogens (primary N) is 1. The van der Waals surface area contributed by atoms with Crippen LogP contribution < -0.4 is 11.3 Å². The van der Waals surface area contributed by atoms with Gasteiger partial charge in [0, 0.05) is 10.0 Å². The highest BCUT2D eigenvalue weighted by Crippen LogP contribution is 2.30. The minimum atomic E-state index is -0.295. The van der Waals surface area contributed by atoms with Gasteiger partial charge < -0.3 is 0 Å². The van der Waals surface area contributed by atoms with E-state index in [0.717, 1.165) is 16.7 Å². The third kappa shape index (κ3) is 3.30. The molecule has 0 saturated heterocycles. The summed E-state index contributed by atoms with van der Waals surface area (Å²) in [6, 6.07) is 9.70. The van der Waals surface area contributed by atoms with Gasteiger partial charge in [0.05, 0.1) is 6.04 Å². The van der Waals surface area contributed by atoms with E-state index in [9.17, 15) is 4.39 Å². The lowest BCUT2D eigenvalue weighted by Crippen LogP contribution is -2.30. The molecule has 0 saturated carbocycles. The topological polar surface area (TPSA) is 38.0 Å². The fourth-order valence-electron chi connectivity index (χ4n) is 2.18. The van der Waals surface area contributed by atoms with Crippen LogP contribution in [0.2, 0.25) is 10.0 Å². The van der Waals surface area contributed by atoms with Crippen molar-refractivity contribution in [3.8, 4) is 0 Å². The van der Waals surface area contributed by atoms with E-state index in [0.29, 0.717) is 16.5 Å². The number of halogens is 3. The summed E-state index contributed by atoms with van der Waals surface area (Å²) in [6.45, 7) is 1.91. The molecule has 0 bridgehead atoms. The average Bonchev–Trinajstić information content (AvgIpc) is 2.42. The lowest BCUT2D eigenvalue weighted by Gasteiger charge is -2.20. The Morgan fingerprint density at radius 3 is 2.45 bits per heavy atom. The van der Waals surface area contributed by atoms with E-state index in [1.807, 2.05) is 6.92 Å². The third-order valence-corrected chi connectivity index (χ3v) is 4.00. The Kier molecular flexibility index (Phi) is 5.00. The highest BCUT2D eigenvalue weighted by atomic mass is 35.5. The van der Waals surface area contributed by atoms with E-state index in [1.165, 1.54) is 12.1 Å². The standard InChI is InChI=1S/C15H15Cl2FN2/c1-9-5-6-10(18)7-11(9)15(20-19)8-12-13(16)3-2-4-14(12)17/h2-7,15,20H,8,19H2,1H3. The van der Waals surface area contributed by atoms with Crippen molar-refractivity contribution in [2.75, 3.05) is 0 Å². The van der Waals surface area contributed by atoms with Crippen LogP contribution >= 0.6 is 23.2 Å². The second-order valence-corrected chi connectivity index (χ2v) is 5.44. The lowest BCUT2D eigenvalue weighted by atomic mass is 9.95. The summed E-state index contributed by atoms with van der Waals surface area (Å²) in [5.74, 6) is 5.32. The summed E-state index contributed by atoms with van der Waals surface area (Å²) in [6.07, 6.45) is 0.485. The van der Waals surface area contributed by atoms with Crippen LogP contribution in [0.3, 0.4) is 0 Å². The first kappa shape index (κ1) is 15.3. The molecule has 0 aliphatic rings. The van der Waals surface area contributed by atoms with Gasteiger partial charge in [0.25, 0.3) is 0 Å². The quantitative estimate of drug-likeness (QED) is 0.656. The van der Waals surface area contributed by atoms with Crippen LogP contribution in [0.5, 0.6) is 0 Å². The molecule has 2 aromatic rings. The molecule has 0 aliphatic heterocycles. The van der Waals surface area contributed by atoms with Gasteiger partial charge in [0.15, 0.2) is 0 Å². The van der Waals surface area contributed by atoms with Crippen molar-refractivity contribution >= 4 is 23.2 Å². The number of rotatable bonds is 4. The van der Waals surface area contributed by atoms with Crippen molar-refractivity contribution in [3.63, 3.8) is 0 Å². The number of hydrogen-bond donors (Lipinski definition) is 2. The average molecular weight is 313 g/mol. The van der Waals surface area contributed by atoms with Crippen molar-refractivity contribution in [1.82, 2.24) is 5.43 Å². The Morgan fingerprint density at radius 1 is 1.20 bits per heavy atom. The van der Waals surface area contributed by atoms with Gasteiger partial charge in [-0.2, -0.15) is 0 Å². The fourth-order valence-corrected chi connectivity index (χ4v) is 2.73. The lowest BCUT2D eigenvalue weighted by molar-refractivity contribution is 0.542. The second-order valence-electron chi connectivity index (χ2n) is 4.62. The highest BCUT2D eigenvalue weighted by Gasteiger charge is 2.17. The minimum absolute atomic E-state index is 0.261. The van der Waals surface area contributed by atoms with E-state index in [-0.39, 0.29) is 11.9 Å². The Bertz CT molecular complexity index is 597. The molecule has 0 aromatic heterocycles. The summed E-state index contributed by atoms with van der Waals surface area (Å²) in [5.41, 5.74) is 5.25. The Labute approximate surface area is 127 Å². The van der Waals surface area contributed by atoms with Gasteiger partial charge in [-0.15, -0.1) is 0 Å². The van der Waals surface area contributed by atoms with Gasteiger partial charge in [-0.3, -0.25) is 11.3 Å². The molecule has 0 aliphatic carbocycles. The van der Waals surface area contributed by atoms with Crippen LogP contribution in [-0.2, 0) is 6.42 Å². The molecule has 2 aromatic carbocycles. The van der Waals surface area contributed by atoms with Crippen molar-refractivity contribution in [2.45, 2.75) is 19.4 Å². The Morgan fingerprint density at radius 2 is 1.85 bits per heavy atom. The number of hydrogen-bond acceptors (Lipinski definition) is 2. The molecular weight excluding hydrogens is 298 g/mol. The van der Waals surface area contributed by atoms with Gasteiger partial charge in [-0.25, -0.2) is 4.39 Å². The maximum atomic E-state index is 13.4. The normalized spacial score (nSPS) is 12.4. The van der Waals surface area contributed by atoms with Crippen LogP contribution in [0.1, 0.15) is 22.7 Å². The first-order chi connectivity index (χ1) is 9.52. The molecule has 106 valence electrons. The number of aryl methyl sites for hydroxylation is 1. The molecule has 0 radical (unpaired) electrons. The zero-order chi connectivity index (χ0) is 14.7. The molecule has 2 nitrogen and oxygen atoms in total. The minimum Gasteiger partial charge on any atom is -0.271 e. The zero-order valence-corrected chi connectivity index (χ0v) is 12.5. The van der Waals surface area contributed by atoms with E-state index in [4.69, 9.17) is 29.0 Å². The summed E-state index contributed by atoms with van der Waals surface area (Å²) in [7, 11) is 0. The number of hydrazine groups is 1. The summed E-state index contributed by atoms with van der Waals surface area (Å²) in [4.78, 5) is 0. The molecule has 3 N–H and O–H groups in total. The molecule has 0 spiro atoms. The third-order valence-electron chi connectivity index (χ3n) is 3.29. The van der Waals surface area contributed by atoms with Gasteiger partial charge in [-0.05, 0) is 54.3 Å². The molecule has 0 fully saturated rings. The predicted octanol–water partition coefficient (Wildman–Crippen LogP) is 4.19. The van der Waals surface area contributed by atoms with E-state index < -0.39 is 0 Å². The summed E-state index contributed by atoms with van der Waals surface area (Å²) >= 11 is 12.3. The van der Waals surface area contributed by atoms with E-state index in [2.05, 4.69) is 5.43 Å². The highest BCUT2D eigenvalue weighted by molar-refractivity contribution is 6.36. The first-order valence-electron chi connectivity index (χ1n) is 6.18. The van der Waals surface area contributed by atoms with Crippen molar-refractivity contribution in [1.29, 1.82) is 0 Å². The molecule has 0 heterocycles. The molecule has 1 atom stereocenters. The number of benzene rings is 2. The fraction of sp³-hybridized carbons (Fsp3) is 0.200. The van der Waals surface area contributed by atoms with Gasteiger partial charge in [0.2, 0.25) is 0 Å². The Hall–Kier alpha value is -1.13. The van der Waals surface area contributed by atoms with Crippen molar-refractivity contribution < 1.29 is 4.39 Å². The van der Waals surface area contributed by atoms with Crippen molar-refractivity contribution in [3.05, 3.63) is 69.0 Å². The molecule has 5 heteroatoms. The largest absolute Gasteiger partial charge is 0.271 e. The second kappa shape index (κ2) is 6.55. The molecule has 0 amide bonds. The Balaban J connectivity index is 2.36. The van der Waals surface area contributed by atoms with E-state index >= 15 is 0 Å². The van der Waals surface area contributed by atoms with Gasteiger partial charge in [0.1, 0.15) is 5.82 Å². The summed E-state index contributed by atoms with van der Waals surface area (Å²) < 4.78 is 13.4. The van der Waals surface area contributed by atoms with Crippen LogP contribution in [-0.4, -0.2) is 0 Å².